The van der Waals surface area contributed by atoms with Crippen molar-refractivity contribution in [3.8, 4) is 0 Å². The summed E-state index contributed by atoms with van der Waals surface area (Å²) in [6, 6.07) is 8.51. The van der Waals surface area contributed by atoms with Crippen LogP contribution in [0.25, 0.3) is 0 Å². The summed E-state index contributed by atoms with van der Waals surface area (Å²) >= 11 is 1.51. The molecule has 0 fully saturated rings. The number of esters is 2. The van der Waals surface area contributed by atoms with Crippen molar-refractivity contribution >= 4 is 29.2 Å². The van der Waals surface area contributed by atoms with Crippen molar-refractivity contribution in [1.82, 2.24) is 15.2 Å². The predicted molar refractivity (Wildman–Crippen MR) is 189 cm³/mol. The van der Waals surface area contributed by atoms with Gasteiger partial charge in [-0.2, -0.15) is 0 Å². The molecule has 0 saturated carbocycles. The van der Waals surface area contributed by atoms with Crippen LogP contribution < -0.4 is 5.32 Å². The minimum Gasteiger partial charge on any atom is -0.462 e. The molecule has 8 nitrogen and oxygen atoms in total. The van der Waals surface area contributed by atoms with Gasteiger partial charge in [0.1, 0.15) is 12.2 Å². The normalized spacial score (nSPS) is 24.4. The second-order valence-electron chi connectivity index (χ2n) is 12.6. The molecule has 1 aromatic heterocycles. The van der Waals surface area contributed by atoms with E-state index in [1.165, 1.54) is 17.4 Å². The number of amides is 1. The van der Waals surface area contributed by atoms with Crippen LogP contribution in [0.2, 0.25) is 0 Å². The van der Waals surface area contributed by atoms with Crippen LogP contribution in [-0.4, -0.2) is 66.6 Å². The fraction of sp³-hybridized carbons (Fsp3) is 0.421. The van der Waals surface area contributed by atoms with Crippen LogP contribution >= 0.6 is 11.3 Å². The number of thiazole rings is 1. The summed E-state index contributed by atoms with van der Waals surface area (Å²) in [5.74, 6) is -1.13. The maximum atomic E-state index is 13.1. The van der Waals surface area contributed by atoms with Gasteiger partial charge in [0.05, 0.1) is 17.1 Å². The fourth-order valence-electron chi connectivity index (χ4n) is 5.07. The quantitative estimate of drug-likeness (QED) is 0.250. The molecule has 2 heterocycles. The van der Waals surface area contributed by atoms with E-state index in [2.05, 4.69) is 29.3 Å². The Balaban J connectivity index is 1.88. The van der Waals surface area contributed by atoms with Gasteiger partial charge in [-0.1, -0.05) is 72.2 Å². The van der Waals surface area contributed by atoms with Crippen LogP contribution in [0.3, 0.4) is 0 Å². The molecule has 9 heteroatoms. The van der Waals surface area contributed by atoms with Crippen molar-refractivity contribution in [2.24, 2.45) is 0 Å². The molecule has 1 aliphatic heterocycles. The number of ether oxygens (including phenoxy) is 2. The third kappa shape index (κ3) is 14.1. The van der Waals surface area contributed by atoms with E-state index in [9.17, 15) is 14.4 Å². The molecule has 1 N–H and O–H groups in total. The number of benzene rings is 1. The lowest BCUT2D eigenvalue weighted by Crippen LogP contribution is -2.38. The molecule has 1 amide bonds. The molecule has 3 rings (SSSR count). The summed E-state index contributed by atoms with van der Waals surface area (Å²) < 4.78 is 11.6. The lowest BCUT2D eigenvalue weighted by molar-refractivity contribution is -0.148. The average Bonchev–Trinajstić information content (AvgIpc) is 3.47. The summed E-state index contributed by atoms with van der Waals surface area (Å²) in [4.78, 5) is 45.9. The van der Waals surface area contributed by atoms with E-state index in [1.54, 1.807) is 18.2 Å². The summed E-state index contributed by atoms with van der Waals surface area (Å²) in [5, 5.41) is 5.88. The SMILES string of the molecule is CC(/C=C/C(C)=C/[C@@H]1Cc2nc(cs2)[C@@H](C)C[C@@H](NC(=O)c2ccccc2)CC(=O)O[C@@H](C)C/C(C)=C/C=C\C(=O)O1)=C\CN(C)C. The number of likely N-dealkylation sites (N-methyl/N-ethyl adjacent to an activating group) is 1. The molecule has 0 spiro atoms. The standard InChI is InChI=1S/C38H49N3O5S/c1-26(18-19-41(6)7)16-17-28(3)21-33-24-35-40-34(25-47-35)29(4)22-32(39-38(44)31-13-9-8-10-14-31)23-37(43)45-30(5)20-27(2)12-11-15-36(42)46-33/h8-18,21,25,29-30,32-33H,19-20,22-24H2,1-7H3,(H,39,44)/b15-11-,17-16+,26-18+,27-12+,28-21+/t29-,30-,32+,33+/m0/s1. The van der Waals surface area contributed by atoms with Crippen LogP contribution in [0.5, 0.6) is 0 Å². The highest BCUT2D eigenvalue weighted by molar-refractivity contribution is 7.09. The molecule has 0 unspecified atom stereocenters. The smallest absolute Gasteiger partial charge is 0.331 e. The highest BCUT2D eigenvalue weighted by Crippen LogP contribution is 2.26. The van der Waals surface area contributed by atoms with Crippen molar-refractivity contribution in [3.05, 3.63) is 111 Å². The van der Waals surface area contributed by atoms with E-state index < -0.39 is 18.1 Å². The van der Waals surface area contributed by atoms with Crippen LogP contribution in [0.4, 0.5) is 0 Å². The Morgan fingerprint density at radius 1 is 1.04 bits per heavy atom. The zero-order chi connectivity index (χ0) is 34.3. The number of nitrogens with one attached hydrogen (secondary N) is 1. The number of allylic oxidation sites excluding steroid dienone is 6. The van der Waals surface area contributed by atoms with Gasteiger partial charge in [-0.25, -0.2) is 9.78 Å². The zero-order valence-corrected chi connectivity index (χ0v) is 29.5. The molecule has 0 aliphatic carbocycles. The number of hydrogen-bond acceptors (Lipinski definition) is 8. The Labute approximate surface area is 283 Å². The predicted octanol–water partition coefficient (Wildman–Crippen LogP) is 7.13. The maximum Gasteiger partial charge on any atom is 0.331 e. The molecule has 1 aliphatic rings. The zero-order valence-electron chi connectivity index (χ0n) is 28.7. The van der Waals surface area contributed by atoms with Crippen molar-refractivity contribution in [3.63, 3.8) is 0 Å². The summed E-state index contributed by atoms with van der Waals surface area (Å²) in [5.41, 5.74) is 4.45. The lowest BCUT2D eigenvalue weighted by Gasteiger charge is -2.22. The van der Waals surface area contributed by atoms with Gasteiger partial charge in [0.2, 0.25) is 0 Å². The summed E-state index contributed by atoms with van der Waals surface area (Å²) in [6.07, 6.45) is 13.6. The monoisotopic (exact) mass is 659 g/mol. The second kappa shape index (κ2) is 18.9. The van der Waals surface area contributed by atoms with Gasteiger partial charge in [-0.15, -0.1) is 11.3 Å². The fourth-order valence-corrected chi connectivity index (χ4v) is 6.03. The maximum absolute atomic E-state index is 13.1. The number of aromatic nitrogens is 1. The molecule has 1 aromatic carbocycles. The van der Waals surface area contributed by atoms with Gasteiger partial charge < -0.3 is 19.7 Å². The van der Waals surface area contributed by atoms with Crippen LogP contribution in [0, 0.1) is 0 Å². The second-order valence-corrected chi connectivity index (χ2v) is 13.5. The van der Waals surface area contributed by atoms with Crippen molar-refractivity contribution in [1.29, 1.82) is 0 Å². The van der Waals surface area contributed by atoms with Crippen LogP contribution in [-0.2, 0) is 25.5 Å². The first-order valence-electron chi connectivity index (χ1n) is 16.1. The van der Waals surface area contributed by atoms with Crippen molar-refractivity contribution < 1.29 is 23.9 Å². The molecular weight excluding hydrogens is 611 g/mol. The number of cyclic esters (lactones) is 2. The Kier molecular flexibility index (Phi) is 15.0. The minimum absolute atomic E-state index is 0.0404. The molecular formula is C38H49N3O5S. The molecule has 0 radical (unpaired) electrons. The van der Waals surface area contributed by atoms with E-state index in [4.69, 9.17) is 14.5 Å². The number of rotatable bonds is 7. The number of fused-ring (bicyclic) bond motifs is 2. The Morgan fingerprint density at radius 3 is 2.49 bits per heavy atom. The third-order valence-corrected chi connectivity index (χ3v) is 8.42. The minimum atomic E-state index is -0.520. The first kappa shape index (κ1) is 37.4. The molecule has 252 valence electrons. The Hall–Kier alpha value is -4.08. The first-order valence-corrected chi connectivity index (χ1v) is 17.0. The van der Waals surface area contributed by atoms with E-state index in [-0.39, 0.29) is 30.3 Å². The third-order valence-electron chi connectivity index (χ3n) is 7.53. The number of hydrogen-bond donors (Lipinski definition) is 1. The topological polar surface area (TPSA) is 97.8 Å². The van der Waals surface area contributed by atoms with Gasteiger partial charge in [0.25, 0.3) is 5.91 Å². The average molecular weight is 660 g/mol. The number of nitrogens with zero attached hydrogens (tertiary/aromatic N) is 2. The van der Waals surface area contributed by atoms with Gasteiger partial charge in [0.15, 0.2) is 0 Å². The van der Waals surface area contributed by atoms with Crippen molar-refractivity contribution in [2.45, 2.75) is 84.5 Å². The van der Waals surface area contributed by atoms with E-state index in [0.29, 0.717) is 24.8 Å². The first-order chi connectivity index (χ1) is 22.4. The van der Waals surface area contributed by atoms with Gasteiger partial charge >= 0.3 is 11.9 Å². The number of carbonyl (C=O) groups is 3. The molecule has 2 aromatic rings. The largest absolute Gasteiger partial charge is 0.462 e. The van der Waals surface area contributed by atoms with Crippen molar-refractivity contribution in [2.75, 3.05) is 20.6 Å². The van der Waals surface area contributed by atoms with E-state index in [0.717, 1.165) is 34.0 Å². The highest BCUT2D eigenvalue weighted by atomic mass is 32.1. The Bertz CT molecular complexity index is 1500. The number of carbonyl (C=O) groups excluding carboxylic acids is 3. The summed E-state index contributed by atoms with van der Waals surface area (Å²) in [6.45, 7) is 10.7. The molecule has 47 heavy (non-hydrogen) atoms. The Morgan fingerprint density at radius 2 is 1.77 bits per heavy atom. The van der Waals surface area contributed by atoms with E-state index >= 15 is 0 Å². The lowest BCUT2D eigenvalue weighted by atomic mass is 9.96. The highest BCUT2D eigenvalue weighted by Gasteiger charge is 2.24. The molecule has 4 atom stereocenters. The van der Waals surface area contributed by atoms with Gasteiger partial charge in [0, 0.05) is 48.4 Å². The molecule has 0 saturated heterocycles. The van der Waals surface area contributed by atoms with Crippen LogP contribution in [0.1, 0.15) is 80.9 Å². The van der Waals surface area contributed by atoms with Gasteiger partial charge in [-0.05, 0) is 66.4 Å². The van der Waals surface area contributed by atoms with Crippen LogP contribution in [0.15, 0.2) is 95.0 Å². The van der Waals surface area contributed by atoms with Gasteiger partial charge in [-0.3, -0.25) is 9.59 Å². The molecule has 2 bridgehead atoms. The van der Waals surface area contributed by atoms with E-state index in [1.807, 2.05) is 83.6 Å². The summed E-state index contributed by atoms with van der Waals surface area (Å²) in [7, 11) is 4.06.